The van der Waals surface area contributed by atoms with Gasteiger partial charge >= 0.3 is 0 Å². The van der Waals surface area contributed by atoms with Gasteiger partial charge in [0.15, 0.2) is 0 Å². The molecule has 4 aromatic rings. The number of methoxy groups -OCH3 is 1. The molecule has 31 heavy (non-hydrogen) atoms. The molecule has 0 fully saturated rings. The van der Waals surface area contributed by atoms with E-state index in [1.165, 1.54) is 22.2 Å². The normalized spacial score (nSPS) is 11.1. The number of hydrogen-bond donors (Lipinski definition) is 0. The lowest BCUT2D eigenvalue weighted by Crippen LogP contribution is -2.07. The van der Waals surface area contributed by atoms with Crippen molar-refractivity contribution in [1.82, 2.24) is 9.55 Å². The lowest BCUT2D eigenvalue weighted by Gasteiger charge is -2.12. The largest absolute Gasteiger partial charge is 0.497 e. The highest BCUT2D eigenvalue weighted by atomic mass is 16.5. The van der Waals surface area contributed by atoms with Gasteiger partial charge < -0.3 is 14.0 Å². The van der Waals surface area contributed by atoms with Gasteiger partial charge in [-0.15, -0.1) is 0 Å². The van der Waals surface area contributed by atoms with Crippen molar-refractivity contribution in [2.24, 2.45) is 0 Å². The second-order valence-corrected chi connectivity index (χ2v) is 7.95. The molecule has 0 saturated carbocycles. The van der Waals surface area contributed by atoms with E-state index < -0.39 is 0 Å². The van der Waals surface area contributed by atoms with Crippen LogP contribution in [0.15, 0.2) is 66.7 Å². The highest BCUT2D eigenvalue weighted by Gasteiger charge is 2.11. The Kier molecular flexibility index (Phi) is 6.56. The predicted molar refractivity (Wildman–Crippen MR) is 126 cm³/mol. The monoisotopic (exact) mass is 414 g/mol. The van der Waals surface area contributed by atoms with Gasteiger partial charge in [0, 0.05) is 13.0 Å². The Morgan fingerprint density at radius 1 is 0.871 bits per heavy atom. The summed E-state index contributed by atoms with van der Waals surface area (Å²) in [6.45, 7) is 5.90. The van der Waals surface area contributed by atoms with E-state index in [1.54, 1.807) is 7.11 Å². The van der Waals surface area contributed by atoms with Gasteiger partial charge in [-0.25, -0.2) is 4.98 Å². The van der Waals surface area contributed by atoms with E-state index in [1.807, 2.05) is 12.1 Å². The first-order valence-electron chi connectivity index (χ1n) is 10.9. The van der Waals surface area contributed by atoms with E-state index in [9.17, 15) is 0 Å². The fourth-order valence-electron chi connectivity index (χ4n) is 3.87. The number of aryl methyl sites for hydroxylation is 2. The topological polar surface area (TPSA) is 36.3 Å². The van der Waals surface area contributed by atoms with Crippen LogP contribution in [-0.4, -0.2) is 23.3 Å². The average molecular weight is 415 g/mol. The van der Waals surface area contributed by atoms with E-state index in [2.05, 4.69) is 73.0 Å². The van der Waals surface area contributed by atoms with Crippen molar-refractivity contribution in [2.45, 2.75) is 39.7 Å². The van der Waals surface area contributed by atoms with Crippen molar-refractivity contribution >= 4 is 11.0 Å². The molecule has 0 amide bonds. The molecular weight excluding hydrogens is 384 g/mol. The number of hydrogen-bond acceptors (Lipinski definition) is 3. The first kappa shape index (κ1) is 21.0. The Labute approximate surface area is 184 Å². The van der Waals surface area contributed by atoms with Crippen molar-refractivity contribution in [3.05, 3.63) is 89.2 Å². The molecule has 4 nitrogen and oxygen atoms in total. The van der Waals surface area contributed by atoms with Crippen molar-refractivity contribution < 1.29 is 9.47 Å². The zero-order valence-electron chi connectivity index (χ0n) is 18.6. The molecule has 3 aromatic carbocycles. The Hall–Kier alpha value is -3.27. The van der Waals surface area contributed by atoms with Crippen LogP contribution in [0.5, 0.6) is 11.5 Å². The minimum atomic E-state index is 0.727. The van der Waals surface area contributed by atoms with Gasteiger partial charge in [0.1, 0.15) is 17.3 Å². The van der Waals surface area contributed by atoms with Crippen LogP contribution in [0.1, 0.15) is 35.4 Å². The Bertz CT molecular complexity index is 1150. The van der Waals surface area contributed by atoms with Gasteiger partial charge in [-0.2, -0.15) is 0 Å². The molecule has 4 rings (SSSR count). The maximum Gasteiger partial charge on any atom is 0.122 e. The first-order chi connectivity index (χ1) is 15.2. The summed E-state index contributed by atoms with van der Waals surface area (Å²) in [5.41, 5.74) is 5.98. The standard InChI is InChI=1S/C27H30N2O2/c1-20-9-8-12-26(21(20)2)31-18-7-6-17-29-25-11-5-4-10-24(25)28-27(29)19-22-13-15-23(30-3)16-14-22/h4-5,8-16H,6-7,17-19H2,1-3H3. The Balaban J connectivity index is 1.42. The molecule has 1 aromatic heterocycles. The fraction of sp³-hybridized carbons (Fsp3) is 0.296. The van der Waals surface area contributed by atoms with Crippen LogP contribution in [0.4, 0.5) is 0 Å². The number of benzene rings is 3. The second kappa shape index (κ2) is 9.69. The summed E-state index contributed by atoms with van der Waals surface area (Å²) in [6, 6.07) is 22.9. The number of rotatable bonds is 9. The van der Waals surface area contributed by atoms with Crippen LogP contribution in [0, 0.1) is 13.8 Å². The number of unbranched alkanes of at least 4 members (excludes halogenated alkanes) is 1. The fourth-order valence-corrected chi connectivity index (χ4v) is 3.87. The summed E-state index contributed by atoms with van der Waals surface area (Å²) < 4.78 is 13.7. The van der Waals surface area contributed by atoms with Crippen LogP contribution >= 0.6 is 0 Å². The summed E-state index contributed by atoms with van der Waals surface area (Å²) >= 11 is 0. The number of aromatic nitrogens is 2. The minimum Gasteiger partial charge on any atom is -0.497 e. The molecule has 1 heterocycles. The number of para-hydroxylation sites is 2. The summed E-state index contributed by atoms with van der Waals surface area (Å²) in [5.74, 6) is 2.97. The van der Waals surface area contributed by atoms with E-state index in [-0.39, 0.29) is 0 Å². The molecule has 0 saturated heterocycles. The van der Waals surface area contributed by atoms with Gasteiger partial charge in [0.05, 0.1) is 24.8 Å². The summed E-state index contributed by atoms with van der Waals surface area (Å²) in [5, 5.41) is 0. The van der Waals surface area contributed by atoms with E-state index in [0.717, 1.165) is 55.3 Å². The molecule has 0 aliphatic heterocycles. The SMILES string of the molecule is COc1ccc(Cc2nc3ccccc3n2CCCCOc2cccc(C)c2C)cc1. The van der Waals surface area contributed by atoms with Crippen molar-refractivity contribution in [3.63, 3.8) is 0 Å². The Morgan fingerprint density at radius 2 is 1.68 bits per heavy atom. The molecule has 0 radical (unpaired) electrons. The summed E-state index contributed by atoms with van der Waals surface area (Å²) in [7, 11) is 1.69. The molecule has 4 heteroatoms. The number of imidazole rings is 1. The molecule has 0 N–H and O–H groups in total. The van der Waals surface area contributed by atoms with Crippen molar-refractivity contribution in [3.8, 4) is 11.5 Å². The van der Waals surface area contributed by atoms with E-state index in [0.29, 0.717) is 0 Å². The molecule has 0 aliphatic rings. The van der Waals surface area contributed by atoms with Crippen LogP contribution < -0.4 is 9.47 Å². The molecule has 0 unspecified atom stereocenters. The number of fused-ring (bicyclic) bond motifs is 1. The van der Waals surface area contributed by atoms with Crippen LogP contribution in [0.25, 0.3) is 11.0 Å². The zero-order valence-corrected chi connectivity index (χ0v) is 18.6. The molecule has 0 bridgehead atoms. The molecule has 0 aliphatic carbocycles. The van der Waals surface area contributed by atoms with Gasteiger partial charge in [0.2, 0.25) is 0 Å². The lowest BCUT2D eigenvalue weighted by atomic mass is 10.1. The maximum atomic E-state index is 6.04. The highest BCUT2D eigenvalue weighted by Crippen LogP contribution is 2.22. The summed E-state index contributed by atoms with van der Waals surface area (Å²) in [4.78, 5) is 4.92. The van der Waals surface area contributed by atoms with Crippen LogP contribution in [0.3, 0.4) is 0 Å². The first-order valence-corrected chi connectivity index (χ1v) is 10.9. The average Bonchev–Trinajstić information content (AvgIpc) is 3.14. The molecular formula is C27H30N2O2. The molecule has 0 atom stereocenters. The maximum absolute atomic E-state index is 6.04. The van der Waals surface area contributed by atoms with Gasteiger partial charge in [-0.05, 0) is 73.7 Å². The third-order valence-electron chi connectivity index (χ3n) is 5.84. The smallest absolute Gasteiger partial charge is 0.122 e. The molecule has 160 valence electrons. The second-order valence-electron chi connectivity index (χ2n) is 7.95. The third kappa shape index (κ3) is 4.91. The van der Waals surface area contributed by atoms with Crippen LogP contribution in [0.2, 0.25) is 0 Å². The third-order valence-corrected chi connectivity index (χ3v) is 5.84. The minimum absolute atomic E-state index is 0.727. The van der Waals surface area contributed by atoms with Gasteiger partial charge in [-0.3, -0.25) is 0 Å². The Morgan fingerprint density at radius 3 is 2.48 bits per heavy atom. The van der Waals surface area contributed by atoms with Gasteiger partial charge in [0.25, 0.3) is 0 Å². The van der Waals surface area contributed by atoms with E-state index in [4.69, 9.17) is 14.5 Å². The lowest BCUT2D eigenvalue weighted by molar-refractivity contribution is 0.301. The highest BCUT2D eigenvalue weighted by molar-refractivity contribution is 5.76. The quantitative estimate of drug-likeness (QED) is 0.310. The predicted octanol–water partition coefficient (Wildman–Crippen LogP) is 6.11. The molecule has 0 spiro atoms. The van der Waals surface area contributed by atoms with E-state index >= 15 is 0 Å². The van der Waals surface area contributed by atoms with Crippen molar-refractivity contribution in [1.29, 1.82) is 0 Å². The van der Waals surface area contributed by atoms with Gasteiger partial charge in [-0.1, -0.05) is 36.4 Å². The number of ether oxygens (including phenoxy) is 2. The van der Waals surface area contributed by atoms with Crippen LogP contribution in [-0.2, 0) is 13.0 Å². The summed E-state index contributed by atoms with van der Waals surface area (Å²) in [6.07, 6.45) is 2.85. The van der Waals surface area contributed by atoms with Crippen molar-refractivity contribution in [2.75, 3.05) is 13.7 Å². The number of nitrogens with zero attached hydrogens (tertiary/aromatic N) is 2. The zero-order chi connectivity index (χ0) is 21.6.